The number of rotatable bonds is 0. The van der Waals surface area contributed by atoms with Crippen LogP contribution in [-0.4, -0.2) is 44.8 Å². The second-order valence-corrected chi connectivity index (χ2v) is 0.983. The summed E-state index contributed by atoms with van der Waals surface area (Å²) < 4.78 is 0. The summed E-state index contributed by atoms with van der Waals surface area (Å²) in [6, 6.07) is 0. The van der Waals surface area contributed by atoms with Crippen molar-refractivity contribution in [2.24, 2.45) is 0 Å². The molecule has 15 heavy (non-hydrogen) atoms. The first-order valence-corrected chi connectivity index (χ1v) is 1.82. The Morgan fingerprint density at radius 2 is 0.667 bits per heavy atom. The molecular weight excluding hydrogens is 320 g/mol. The van der Waals surface area contributed by atoms with Crippen molar-refractivity contribution >= 4 is 11.9 Å². The Kier molecular flexibility index (Phi) is 393. The van der Waals surface area contributed by atoms with Crippen molar-refractivity contribution in [1.82, 2.24) is 0 Å². The molecule has 0 aliphatic heterocycles. The average molecular weight is 339 g/mol. The van der Waals surface area contributed by atoms with E-state index in [1.807, 2.05) is 0 Å². The van der Waals surface area contributed by atoms with Crippen molar-refractivity contribution in [2.75, 3.05) is 0 Å². The van der Waals surface area contributed by atoms with Crippen molar-refractivity contribution in [3.63, 3.8) is 0 Å². The summed E-state index contributed by atoms with van der Waals surface area (Å²) in [6.45, 7) is 1.94. The molecule has 0 saturated heterocycles. The van der Waals surface area contributed by atoms with E-state index in [9.17, 15) is 0 Å². The van der Waals surface area contributed by atoms with E-state index in [0.29, 0.717) is 0 Å². The van der Waals surface area contributed by atoms with E-state index in [4.69, 9.17) is 19.8 Å². The molecule has 0 aliphatic rings. The Balaban J connectivity index is -0.00000000468. The van der Waals surface area contributed by atoms with E-state index < -0.39 is 11.9 Å². The minimum atomic E-state index is -1.08. The third kappa shape index (κ3) is 12900. The molecule has 12 N–H and O–H groups in total. The molecule has 0 unspecified atom stereocenters. The summed E-state index contributed by atoms with van der Waals surface area (Å²) in [7, 11) is 0. The monoisotopic (exact) mass is 340 g/mol. The molecule has 0 atom stereocenters. The standard InChI is InChI=1S/2C2H4O2.Cd.6H2O/c2*1-2(3)4;;;;;;;/h2*1H3,(H,3,4);;6*1H2/q;;+2;;;;;;/p-2. The summed E-state index contributed by atoms with van der Waals surface area (Å²) >= 11 is 0. The Bertz CT molecular complexity index is 75.4. The van der Waals surface area contributed by atoms with Crippen molar-refractivity contribution in [3.05, 3.63) is 0 Å². The van der Waals surface area contributed by atoms with Crippen LogP contribution < -0.4 is 10.2 Å². The van der Waals surface area contributed by atoms with E-state index in [-0.39, 0.29) is 60.2 Å². The SMILES string of the molecule is CC(=O)[O-].CC(=O)[O-].O.O.O.O.O.O.[Cd+2]. The van der Waals surface area contributed by atoms with E-state index in [2.05, 4.69) is 0 Å². The molecule has 0 aromatic carbocycles. The third-order valence-corrected chi connectivity index (χ3v) is 0. The smallest absolute Gasteiger partial charge is 0.550 e. The van der Waals surface area contributed by atoms with Crippen molar-refractivity contribution in [2.45, 2.75) is 13.8 Å². The molecule has 0 fully saturated rings. The molecule has 0 bridgehead atoms. The fraction of sp³-hybridized carbons (Fsp3) is 0.500. The summed E-state index contributed by atoms with van der Waals surface area (Å²) in [5, 5.41) is 17.8. The van der Waals surface area contributed by atoms with Crippen LogP contribution in [0.1, 0.15) is 13.8 Å². The summed E-state index contributed by atoms with van der Waals surface area (Å²) in [4.78, 5) is 17.8. The first kappa shape index (κ1) is 85.8. The fourth-order valence-electron chi connectivity index (χ4n) is 0. The van der Waals surface area contributed by atoms with Crippen LogP contribution >= 0.6 is 0 Å². The number of carboxylic acids is 2. The zero-order valence-corrected chi connectivity index (χ0v) is 12.4. The van der Waals surface area contributed by atoms with Gasteiger partial charge in [-0.2, -0.15) is 0 Å². The molecule has 11 heteroatoms. The molecule has 0 spiro atoms. The Labute approximate surface area is 106 Å². The number of carbonyl (C=O) groups excluding carboxylic acids is 2. The molecule has 0 rings (SSSR count). The maximum absolute atomic E-state index is 8.89. The zero-order chi connectivity index (χ0) is 7.15. The molecule has 0 aliphatic carbocycles. The average Bonchev–Trinajstić information content (AvgIpc) is 1.25. The van der Waals surface area contributed by atoms with Gasteiger partial charge in [-0.25, -0.2) is 0 Å². The van der Waals surface area contributed by atoms with Crippen LogP contribution in [-0.2, 0) is 36.9 Å². The predicted molar refractivity (Wildman–Crippen MR) is 43.0 cm³/mol. The zero-order valence-electron chi connectivity index (χ0n) is 8.34. The minimum Gasteiger partial charge on any atom is -0.550 e. The van der Waals surface area contributed by atoms with Crippen LogP contribution in [0.5, 0.6) is 0 Å². The van der Waals surface area contributed by atoms with Crippen LogP contribution in [0.15, 0.2) is 0 Å². The van der Waals surface area contributed by atoms with Gasteiger partial charge in [0, 0.05) is 11.9 Å². The van der Waals surface area contributed by atoms with Gasteiger partial charge in [-0.1, -0.05) is 0 Å². The van der Waals surface area contributed by atoms with Crippen LogP contribution in [0.2, 0.25) is 0 Å². The molecular formula is C4H18CdO10. The number of hydrogen-bond donors (Lipinski definition) is 0. The summed E-state index contributed by atoms with van der Waals surface area (Å²) in [6.07, 6.45) is 0. The number of aliphatic carboxylic acids is 2. The first-order chi connectivity index (χ1) is 3.46. The maximum Gasteiger partial charge on any atom is 2.00 e. The minimum absolute atomic E-state index is 0. The molecule has 10 nitrogen and oxygen atoms in total. The van der Waals surface area contributed by atoms with Gasteiger partial charge >= 0.3 is 27.3 Å². The maximum atomic E-state index is 8.89. The van der Waals surface area contributed by atoms with Gasteiger partial charge in [-0.3, -0.25) is 0 Å². The van der Waals surface area contributed by atoms with E-state index in [1.165, 1.54) is 0 Å². The van der Waals surface area contributed by atoms with Gasteiger partial charge in [0.25, 0.3) is 0 Å². The molecule has 0 amide bonds. The van der Waals surface area contributed by atoms with Gasteiger partial charge in [-0.05, 0) is 13.8 Å². The van der Waals surface area contributed by atoms with Gasteiger partial charge in [0.1, 0.15) is 0 Å². The molecule has 0 heterocycles. The number of carbonyl (C=O) groups is 2. The van der Waals surface area contributed by atoms with E-state index in [1.54, 1.807) is 0 Å². The number of carboxylic acid groups (broad SMARTS) is 2. The Hall–Kier alpha value is -0.378. The van der Waals surface area contributed by atoms with Crippen LogP contribution in [0, 0.1) is 0 Å². The Morgan fingerprint density at radius 1 is 0.667 bits per heavy atom. The third-order valence-electron chi connectivity index (χ3n) is 0. The molecule has 96 valence electrons. The second kappa shape index (κ2) is 68.7. The Morgan fingerprint density at radius 3 is 0.667 bits per heavy atom. The largest absolute Gasteiger partial charge is 2.00 e. The van der Waals surface area contributed by atoms with Crippen LogP contribution in [0.25, 0.3) is 0 Å². The van der Waals surface area contributed by atoms with Crippen LogP contribution in [0.3, 0.4) is 0 Å². The van der Waals surface area contributed by atoms with Gasteiger partial charge in [0.2, 0.25) is 0 Å². The normalized spacial score (nSPS) is 3.33. The topological polar surface area (TPSA) is 269 Å². The molecule has 0 saturated carbocycles. The molecule has 0 aromatic heterocycles. The van der Waals surface area contributed by atoms with E-state index in [0.717, 1.165) is 13.8 Å². The number of hydrogen-bond acceptors (Lipinski definition) is 4. The van der Waals surface area contributed by atoms with Gasteiger partial charge in [-0.15, -0.1) is 0 Å². The fourth-order valence-corrected chi connectivity index (χ4v) is 0. The summed E-state index contributed by atoms with van der Waals surface area (Å²) in [5.41, 5.74) is 0. The quantitative estimate of drug-likeness (QED) is 0.389. The van der Waals surface area contributed by atoms with Crippen molar-refractivity contribution in [3.8, 4) is 0 Å². The van der Waals surface area contributed by atoms with Gasteiger partial charge < -0.3 is 52.7 Å². The predicted octanol–water partition coefficient (Wildman–Crippen LogP) is -7.44. The van der Waals surface area contributed by atoms with Crippen LogP contribution in [0.4, 0.5) is 0 Å². The van der Waals surface area contributed by atoms with Gasteiger partial charge in [0.05, 0.1) is 0 Å². The van der Waals surface area contributed by atoms with Crippen molar-refractivity contribution in [1.29, 1.82) is 0 Å². The molecule has 0 aromatic rings. The van der Waals surface area contributed by atoms with Crippen molar-refractivity contribution < 1.29 is 80.0 Å². The molecule has 0 radical (unpaired) electrons. The first-order valence-electron chi connectivity index (χ1n) is 1.82. The van der Waals surface area contributed by atoms with E-state index >= 15 is 0 Å². The van der Waals surface area contributed by atoms with Gasteiger partial charge in [0.15, 0.2) is 0 Å². The second-order valence-electron chi connectivity index (χ2n) is 0.983. The summed E-state index contributed by atoms with van der Waals surface area (Å²) in [5.74, 6) is -2.17.